The maximum absolute atomic E-state index is 5.60. The fourth-order valence-corrected chi connectivity index (χ4v) is 1.13. The topological polar surface area (TPSA) is 40.2 Å². The highest BCUT2D eigenvalue weighted by molar-refractivity contribution is 5.78. The first-order valence-corrected chi connectivity index (χ1v) is 3.52. The van der Waals surface area contributed by atoms with Crippen molar-refractivity contribution in [3.05, 3.63) is 36.5 Å². The summed E-state index contributed by atoms with van der Waals surface area (Å²) in [4.78, 5) is 3.11. The molecule has 3 N–H and O–H groups in total. The van der Waals surface area contributed by atoms with Crippen molar-refractivity contribution in [1.29, 1.82) is 0 Å². The molecule has 0 saturated heterocycles. The summed E-state index contributed by atoms with van der Waals surface area (Å²) >= 11 is 0. The number of benzene rings is 1. The highest BCUT2D eigenvalue weighted by Crippen LogP contribution is 2.11. The number of nitrogens with two attached hydrogens (primary N) is 1. The monoisotopic (exact) mass is 145 g/mol. The van der Waals surface area contributed by atoms with Gasteiger partial charge >= 0.3 is 0 Å². The summed E-state index contributed by atoms with van der Waals surface area (Å²) < 4.78 is 0. The lowest BCUT2D eigenvalue weighted by Gasteiger charge is -1.91. The van der Waals surface area contributed by atoms with Crippen molar-refractivity contribution in [2.45, 2.75) is 0 Å². The number of fused-ring (bicyclic) bond motifs is 1. The van der Waals surface area contributed by atoms with E-state index in [4.69, 9.17) is 5.73 Å². The Morgan fingerprint density at radius 2 is 2.09 bits per heavy atom. The summed E-state index contributed by atoms with van der Waals surface area (Å²) in [6, 6.07) is 9.84. The minimum Gasteiger partial charge on any atom is -0.399 e. The van der Waals surface area contributed by atoms with E-state index in [-0.39, 0.29) is 0 Å². The average Bonchev–Trinajstić information content (AvgIpc) is 2.04. The second-order valence-corrected chi connectivity index (χ2v) is 2.52. The van der Waals surface area contributed by atoms with Gasteiger partial charge in [0.05, 0.1) is 0 Å². The third-order valence-corrected chi connectivity index (χ3v) is 1.69. The Bertz CT molecular complexity index is 382. The molecule has 2 heteroatoms. The van der Waals surface area contributed by atoms with Crippen LogP contribution in [0.2, 0.25) is 0 Å². The fraction of sp³-hybridized carbons (Fsp3) is 0. The van der Waals surface area contributed by atoms with Crippen molar-refractivity contribution < 1.29 is 4.98 Å². The lowest BCUT2D eigenvalue weighted by Crippen LogP contribution is -2.01. The van der Waals surface area contributed by atoms with Gasteiger partial charge in [0.1, 0.15) is 0 Å². The van der Waals surface area contributed by atoms with E-state index in [1.807, 2.05) is 36.5 Å². The normalized spacial score (nSPS) is 10.2. The van der Waals surface area contributed by atoms with Crippen LogP contribution in [-0.2, 0) is 0 Å². The molecule has 0 aliphatic rings. The van der Waals surface area contributed by atoms with Crippen LogP contribution in [0.4, 0.5) is 5.69 Å². The molecule has 0 unspecified atom stereocenters. The Labute approximate surface area is 64.7 Å². The third-order valence-electron chi connectivity index (χ3n) is 1.69. The number of nitrogens with one attached hydrogen (secondary N) is 1. The van der Waals surface area contributed by atoms with Crippen LogP contribution in [-0.4, -0.2) is 0 Å². The Balaban J connectivity index is 2.83. The van der Waals surface area contributed by atoms with Gasteiger partial charge in [-0.1, -0.05) is 0 Å². The van der Waals surface area contributed by atoms with E-state index < -0.39 is 0 Å². The van der Waals surface area contributed by atoms with Crippen molar-refractivity contribution in [1.82, 2.24) is 0 Å². The number of anilines is 1. The second kappa shape index (κ2) is 2.23. The zero-order valence-corrected chi connectivity index (χ0v) is 6.04. The zero-order chi connectivity index (χ0) is 7.68. The quantitative estimate of drug-likeness (QED) is 0.556. The Morgan fingerprint density at radius 1 is 1.18 bits per heavy atom. The number of hydrogen-bond donors (Lipinski definition) is 1. The Hall–Kier alpha value is -1.57. The van der Waals surface area contributed by atoms with Crippen LogP contribution < -0.4 is 10.7 Å². The van der Waals surface area contributed by atoms with Crippen LogP contribution in [0, 0.1) is 0 Å². The minimum atomic E-state index is 0.792. The predicted molar refractivity (Wildman–Crippen MR) is 44.9 cm³/mol. The van der Waals surface area contributed by atoms with Crippen molar-refractivity contribution in [3.63, 3.8) is 0 Å². The van der Waals surface area contributed by atoms with Gasteiger partial charge in [-0.2, -0.15) is 0 Å². The highest BCUT2D eigenvalue weighted by atomic mass is 14.7. The number of nitrogen functional groups attached to an aromatic ring is 1. The van der Waals surface area contributed by atoms with Gasteiger partial charge in [-0.25, -0.2) is 4.98 Å². The van der Waals surface area contributed by atoms with E-state index in [0.717, 1.165) is 11.2 Å². The molecule has 1 heterocycles. The van der Waals surface area contributed by atoms with Crippen molar-refractivity contribution in [2.24, 2.45) is 0 Å². The molecule has 54 valence electrons. The molecule has 0 fully saturated rings. The molecule has 2 rings (SSSR count). The van der Waals surface area contributed by atoms with Crippen LogP contribution in [0.25, 0.3) is 10.9 Å². The Kier molecular flexibility index (Phi) is 1.25. The van der Waals surface area contributed by atoms with E-state index in [0.29, 0.717) is 0 Å². The van der Waals surface area contributed by atoms with E-state index in [2.05, 4.69) is 4.98 Å². The van der Waals surface area contributed by atoms with Crippen LogP contribution in [0.3, 0.4) is 0 Å². The summed E-state index contributed by atoms with van der Waals surface area (Å²) in [5.41, 5.74) is 7.47. The molecule has 2 nitrogen and oxygen atoms in total. The van der Waals surface area contributed by atoms with Gasteiger partial charge in [0.15, 0.2) is 6.20 Å². The molecule has 0 aliphatic heterocycles. The molecule has 1 aromatic carbocycles. The maximum atomic E-state index is 5.60. The van der Waals surface area contributed by atoms with E-state index in [9.17, 15) is 0 Å². The number of hydrogen-bond acceptors (Lipinski definition) is 1. The van der Waals surface area contributed by atoms with Gasteiger partial charge in [-0.3, -0.25) is 0 Å². The van der Waals surface area contributed by atoms with Gasteiger partial charge in [-0.05, 0) is 18.2 Å². The highest BCUT2D eigenvalue weighted by Gasteiger charge is 1.96. The van der Waals surface area contributed by atoms with Crippen molar-refractivity contribution in [2.75, 3.05) is 5.73 Å². The standard InChI is InChI=1S/C9H8N2/c10-8-4-3-7-2-1-5-11-9(7)6-8/h1-6H,10H2/p+1. The fourth-order valence-electron chi connectivity index (χ4n) is 1.13. The van der Waals surface area contributed by atoms with Gasteiger partial charge in [0.2, 0.25) is 5.52 Å². The molecule has 0 spiro atoms. The van der Waals surface area contributed by atoms with Crippen LogP contribution >= 0.6 is 0 Å². The number of rotatable bonds is 0. The van der Waals surface area contributed by atoms with Gasteiger partial charge in [-0.15, -0.1) is 0 Å². The third kappa shape index (κ3) is 1.03. The molecular formula is C9H9N2+. The summed E-state index contributed by atoms with van der Waals surface area (Å²) in [7, 11) is 0. The number of aromatic nitrogens is 1. The minimum absolute atomic E-state index is 0.792. The Morgan fingerprint density at radius 3 is 3.00 bits per heavy atom. The van der Waals surface area contributed by atoms with E-state index in [1.165, 1.54) is 5.39 Å². The molecule has 0 saturated carbocycles. The molecule has 0 radical (unpaired) electrons. The molecule has 2 aromatic rings. The van der Waals surface area contributed by atoms with Crippen LogP contribution in [0.5, 0.6) is 0 Å². The number of aromatic amines is 1. The van der Waals surface area contributed by atoms with Gasteiger partial charge in [0.25, 0.3) is 0 Å². The maximum Gasteiger partial charge on any atom is 0.212 e. The van der Waals surface area contributed by atoms with E-state index >= 15 is 0 Å². The second-order valence-electron chi connectivity index (χ2n) is 2.52. The molecule has 0 atom stereocenters. The summed E-state index contributed by atoms with van der Waals surface area (Å²) in [5.74, 6) is 0. The smallest absolute Gasteiger partial charge is 0.212 e. The van der Waals surface area contributed by atoms with Crippen LogP contribution in [0.15, 0.2) is 36.5 Å². The zero-order valence-electron chi connectivity index (χ0n) is 6.04. The van der Waals surface area contributed by atoms with E-state index in [1.54, 1.807) is 0 Å². The SMILES string of the molecule is Nc1ccc2ccc[nH+]c2c1. The predicted octanol–water partition coefficient (Wildman–Crippen LogP) is 1.24. The molecule has 0 amide bonds. The average molecular weight is 145 g/mol. The van der Waals surface area contributed by atoms with Crippen molar-refractivity contribution >= 4 is 16.6 Å². The lowest BCUT2D eigenvalue weighted by atomic mass is 10.2. The number of H-pyrrole nitrogens is 1. The largest absolute Gasteiger partial charge is 0.399 e. The molecule has 11 heavy (non-hydrogen) atoms. The first kappa shape index (κ1) is 6.16. The van der Waals surface area contributed by atoms with Crippen LogP contribution in [0.1, 0.15) is 0 Å². The van der Waals surface area contributed by atoms with Gasteiger partial charge < -0.3 is 5.73 Å². The first-order chi connectivity index (χ1) is 5.36. The first-order valence-electron chi connectivity index (χ1n) is 3.52. The lowest BCUT2D eigenvalue weighted by molar-refractivity contribution is -0.344. The summed E-state index contributed by atoms with van der Waals surface area (Å²) in [6.45, 7) is 0. The number of pyridine rings is 1. The molecule has 0 aliphatic carbocycles. The summed E-state index contributed by atoms with van der Waals surface area (Å²) in [5, 5.41) is 1.18. The molecule has 0 bridgehead atoms. The van der Waals surface area contributed by atoms with Gasteiger partial charge in [0, 0.05) is 23.2 Å². The molecule has 1 aromatic heterocycles. The molecular weight excluding hydrogens is 136 g/mol. The summed E-state index contributed by atoms with van der Waals surface area (Å²) in [6.07, 6.45) is 1.89. The van der Waals surface area contributed by atoms with Crippen molar-refractivity contribution in [3.8, 4) is 0 Å².